The second kappa shape index (κ2) is 9.10. The molecule has 24 heavy (non-hydrogen) atoms. The molecule has 0 aromatic heterocycles. The van der Waals surface area contributed by atoms with Crippen molar-refractivity contribution in [2.24, 2.45) is 10.4 Å². The Morgan fingerprint density at radius 1 is 1.21 bits per heavy atom. The van der Waals surface area contributed by atoms with Crippen LogP contribution in [0.4, 0.5) is 4.79 Å². The van der Waals surface area contributed by atoms with Crippen molar-refractivity contribution in [3.63, 3.8) is 0 Å². The normalized spacial score (nSPS) is 19.5. The Labute approximate surface area is 163 Å². The van der Waals surface area contributed by atoms with E-state index in [-0.39, 0.29) is 30.1 Å². The predicted octanol–water partition coefficient (Wildman–Crippen LogP) is 2.97. The Hall–Kier alpha value is -0.730. The summed E-state index contributed by atoms with van der Waals surface area (Å²) in [7, 11) is 1.84. The molecule has 1 saturated heterocycles. The van der Waals surface area contributed by atoms with Gasteiger partial charge in [-0.3, -0.25) is 4.99 Å². The molecule has 1 heterocycles. The lowest BCUT2D eigenvalue weighted by Crippen LogP contribution is -2.43. The van der Waals surface area contributed by atoms with Gasteiger partial charge >= 0.3 is 6.09 Å². The van der Waals surface area contributed by atoms with Gasteiger partial charge in [0.05, 0.1) is 0 Å². The van der Waals surface area contributed by atoms with E-state index in [1.54, 1.807) is 0 Å². The summed E-state index contributed by atoms with van der Waals surface area (Å²) in [5, 5.41) is 6.18. The largest absolute Gasteiger partial charge is 0.444 e. The molecule has 7 heteroatoms. The first kappa shape index (κ1) is 21.3. The van der Waals surface area contributed by atoms with Gasteiger partial charge in [-0.2, -0.15) is 0 Å². The number of hydrogen-bond donors (Lipinski definition) is 2. The molecule has 1 amide bonds. The molecule has 2 aliphatic rings. The molecule has 0 atom stereocenters. The number of rotatable bonds is 4. The number of halogens is 1. The van der Waals surface area contributed by atoms with Gasteiger partial charge in [-0.25, -0.2) is 4.79 Å². The SMILES string of the molecule is CN=C(NCCCNC(=O)OC(C)(C)C)N1CCC2(CCC2)C1.I. The minimum Gasteiger partial charge on any atom is -0.444 e. The van der Waals surface area contributed by atoms with Crippen LogP contribution in [0.15, 0.2) is 4.99 Å². The van der Waals surface area contributed by atoms with E-state index in [0.29, 0.717) is 12.0 Å². The van der Waals surface area contributed by atoms with E-state index in [9.17, 15) is 4.79 Å². The van der Waals surface area contributed by atoms with Gasteiger partial charge in [-0.15, -0.1) is 24.0 Å². The maximum atomic E-state index is 11.5. The summed E-state index contributed by atoms with van der Waals surface area (Å²) in [5.41, 5.74) is 0.132. The number of hydrogen-bond acceptors (Lipinski definition) is 3. The van der Waals surface area contributed by atoms with E-state index in [1.807, 2.05) is 27.8 Å². The lowest BCUT2D eigenvalue weighted by molar-refractivity contribution is 0.0527. The number of nitrogens with one attached hydrogen (secondary N) is 2. The number of aliphatic imine (C=N–C) groups is 1. The highest BCUT2D eigenvalue weighted by Crippen LogP contribution is 2.47. The number of carbonyl (C=O) groups excluding carboxylic acids is 1. The molecule has 1 aliphatic carbocycles. The third-order valence-corrected chi connectivity index (χ3v) is 4.67. The first-order valence-corrected chi connectivity index (χ1v) is 8.76. The number of ether oxygens (including phenoxy) is 1. The fourth-order valence-electron chi connectivity index (χ4n) is 3.33. The Morgan fingerprint density at radius 2 is 1.88 bits per heavy atom. The molecule has 0 aromatic carbocycles. The zero-order valence-electron chi connectivity index (χ0n) is 15.5. The molecule has 0 unspecified atom stereocenters. The van der Waals surface area contributed by atoms with E-state index >= 15 is 0 Å². The maximum Gasteiger partial charge on any atom is 0.407 e. The first-order valence-electron chi connectivity index (χ1n) is 8.76. The number of guanidine groups is 1. The van der Waals surface area contributed by atoms with Crippen molar-refractivity contribution in [3.8, 4) is 0 Å². The lowest BCUT2D eigenvalue weighted by Gasteiger charge is -2.38. The van der Waals surface area contributed by atoms with Crippen LogP contribution in [0.25, 0.3) is 0 Å². The topological polar surface area (TPSA) is 66.0 Å². The fraction of sp³-hybridized carbons (Fsp3) is 0.882. The van der Waals surface area contributed by atoms with Gasteiger partial charge in [0, 0.05) is 33.2 Å². The third-order valence-electron chi connectivity index (χ3n) is 4.67. The average Bonchev–Trinajstić information content (AvgIpc) is 2.86. The van der Waals surface area contributed by atoms with E-state index in [4.69, 9.17) is 4.74 Å². The Bertz CT molecular complexity index is 444. The number of nitrogens with zero attached hydrogens (tertiary/aromatic N) is 2. The van der Waals surface area contributed by atoms with Crippen LogP contribution in [0.2, 0.25) is 0 Å². The minimum absolute atomic E-state index is 0. The molecule has 1 saturated carbocycles. The Kier molecular flexibility index (Phi) is 8.08. The summed E-state index contributed by atoms with van der Waals surface area (Å²) in [6.45, 7) is 9.24. The van der Waals surface area contributed by atoms with Crippen LogP contribution >= 0.6 is 24.0 Å². The molecule has 0 bridgehead atoms. The van der Waals surface area contributed by atoms with Crippen LogP contribution in [-0.4, -0.2) is 55.8 Å². The van der Waals surface area contributed by atoms with Gasteiger partial charge in [0.25, 0.3) is 0 Å². The molecule has 140 valence electrons. The number of alkyl carbamates (subject to hydrolysis) is 1. The molecule has 2 rings (SSSR count). The molecule has 2 fully saturated rings. The zero-order valence-corrected chi connectivity index (χ0v) is 17.8. The second-order valence-electron chi connectivity index (χ2n) is 7.78. The molecule has 1 aliphatic heterocycles. The van der Waals surface area contributed by atoms with Crippen molar-refractivity contribution in [1.82, 2.24) is 15.5 Å². The molecule has 1 spiro atoms. The number of amides is 1. The van der Waals surface area contributed by atoms with E-state index in [1.165, 1.54) is 25.7 Å². The van der Waals surface area contributed by atoms with Crippen LogP contribution in [0.5, 0.6) is 0 Å². The van der Waals surface area contributed by atoms with E-state index < -0.39 is 5.60 Å². The quantitative estimate of drug-likeness (QED) is 0.298. The molecule has 0 aromatic rings. The molecular formula is C17H33IN4O2. The summed E-state index contributed by atoms with van der Waals surface area (Å²) in [4.78, 5) is 18.3. The summed E-state index contributed by atoms with van der Waals surface area (Å²) in [5.74, 6) is 0.992. The van der Waals surface area contributed by atoms with Gasteiger partial charge in [-0.1, -0.05) is 6.42 Å². The van der Waals surface area contributed by atoms with Crippen molar-refractivity contribution >= 4 is 36.0 Å². The van der Waals surface area contributed by atoms with Crippen molar-refractivity contribution in [2.75, 3.05) is 33.2 Å². The lowest BCUT2D eigenvalue weighted by atomic mass is 9.68. The van der Waals surface area contributed by atoms with E-state index in [2.05, 4.69) is 20.5 Å². The molecule has 6 nitrogen and oxygen atoms in total. The summed E-state index contributed by atoms with van der Waals surface area (Å²) >= 11 is 0. The van der Waals surface area contributed by atoms with Crippen molar-refractivity contribution in [3.05, 3.63) is 0 Å². The maximum absolute atomic E-state index is 11.5. The van der Waals surface area contributed by atoms with Crippen molar-refractivity contribution < 1.29 is 9.53 Å². The van der Waals surface area contributed by atoms with Gasteiger partial charge in [0.15, 0.2) is 5.96 Å². The number of likely N-dealkylation sites (tertiary alicyclic amines) is 1. The van der Waals surface area contributed by atoms with Gasteiger partial charge in [0.2, 0.25) is 0 Å². The average molecular weight is 452 g/mol. The van der Waals surface area contributed by atoms with Crippen LogP contribution in [-0.2, 0) is 4.74 Å². The second-order valence-corrected chi connectivity index (χ2v) is 7.78. The molecule has 2 N–H and O–H groups in total. The Balaban J connectivity index is 0.00000288. The van der Waals surface area contributed by atoms with Crippen LogP contribution < -0.4 is 10.6 Å². The minimum atomic E-state index is -0.447. The smallest absolute Gasteiger partial charge is 0.407 e. The van der Waals surface area contributed by atoms with Crippen LogP contribution in [0.1, 0.15) is 52.9 Å². The highest BCUT2D eigenvalue weighted by atomic mass is 127. The fourth-order valence-corrected chi connectivity index (χ4v) is 3.33. The summed E-state index contributed by atoms with van der Waals surface area (Å²) < 4.78 is 5.21. The van der Waals surface area contributed by atoms with Crippen LogP contribution in [0.3, 0.4) is 0 Å². The van der Waals surface area contributed by atoms with Crippen LogP contribution in [0, 0.1) is 5.41 Å². The standard InChI is InChI=1S/C17H32N4O2.HI/c1-16(2,3)23-15(22)20-11-6-10-19-14(18-4)21-12-9-17(13-21)7-5-8-17;/h5-13H2,1-4H3,(H,18,19)(H,20,22);1H. The molecular weight excluding hydrogens is 419 g/mol. The number of carbonyl (C=O) groups is 1. The molecule has 0 radical (unpaired) electrons. The van der Waals surface area contributed by atoms with Gasteiger partial charge in [0.1, 0.15) is 5.60 Å². The van der Waals surface area contributed by atoms with Crippen molar-refractivity contribution in [2.45, 2.75) is 58.5 Å². The summed E-state index contributed by atoms with van der Waals surface area (Å²) in [6, 6.07) is 0. The van der Waals surface area contributed by atoms with Gasteiger partial charge in [-0.05, 0) is 51.9 Å². The summed E-state index contributed by atoms with van der Waals surface area (Å²) in [6.07, 6.45) is 5.93. The zero-order chi connectivity index (χ0) is 16.9. The predicted molar refractivity (Wildman–Crippen MR) is 108 cm³/mol. The highest BCUT2D eigenvalue weighted by Gasteiger charge is 2.43. The van der Waals surface area contributed by atoms with Crippen molar-refractivity contribution in [1.29, 1.82) is 0 Å². The highest BCUT2D eigenvalue weighted by molar-refractivity contribution is 14.0. The third kappa shape index (κ3) is 6.29. The first-order chi connectivity index (χ1) is 10.8. The van der Waals surface area contributed by atoms with Gasteiger partial charge < -0.3 is 20.3 Å². The Morgan fingerprint density at radius 3 is 2.38 bits per heavy atom. The monoisotopic (exact) mass is 452 g/mol. The van der Waals surface area contributed by atoms with E-state index in [0.717, 1.165) is 32.0 Å².